The van der Waals surface area contributed by atoms with E-state index >= 15 is 0 Å². The molecular formula is C11H7ClIN3O. The summed E-state index contributed by atoms with van der Waals surface area (Å²) in [5.41, 5.74) is 0.570. The highest BCUT2D eigenvalue weighted by molar-refractivity contribution is 14.1. The highest BCUT2D eigenvalue weighted by atomic mass is 127. The minimum Gasteiger partial charge on any atom is -0.306 e. The van der Waals surface area contributed by atoms with Gasteiger partial charge in [-0.05, 0) is 46.9 Å². The Morgan fingerprint density at radius 1 is 1.24 bits per heavy atom. The highest BCUT2D eigenvalue weighted by Crippen LogP contribution is 2.11. The molecule has 0 radical (unpaired) electrons. The van der Waals surface area contributed by atoms with E-state index in [1.54, 1.807) is 12.1 Å². The van der Waals surface area contributed by atoms with Crippen molar-refractivity contribution in [1.82, 2.24) is 9.97 Å². The quantitative estimate of drug-likeness (QED) is 0.662. The van der Waals surface area contributed by atoms with E-state index in [2.05, 4.69) is 37.9 Å². The molecule has 0 fully saturated rings. The van der Waals surface area contributed by atoms with Crippen molar-refractivity contribution in [3.8, 4) is 0 Å². The van der Waals surface area contributed by atoms with Gasteiger partial charge in [0.15, 0.2) is 0 Å². The summed E-state index contributed by atoms with van der Waals surface area (Å²) in [5, 5.41) is 2.93. The fourth-order valence-corrected chi connectivity index (χ4v) is 1.70. The Morgan fingerprint density at radius 3 is 2.59 bits per heavy atom. The maximum atomic E-state index is 11.8. The van der Waals surface area contributed by atoms with E-state index in [0.29, 0.717) is 11.4 Å². The van der Waals surface area contributed by atoms with Gasteiger partial charge in [-0.1, -0.05) is 11.6 Å². The van der Waals surface area contributed by atoms with Gasteiger partial charge < -0.3 is 5.32 Å². The van der Waals surface area contributed by atoms with Crippen LogP contribution in [0, 0.1) is 3.57 Å². The second-order valence-electron chi connectivity index (χ2n) is 3.19. The number of benzene rings is 1. The molecule has 4 nitrogen and oxygen atoms in total. The maximum Gasteiger partial charge on any atom is 0.256 e. The van der Waals surface area contributed by atoms with Crippen molar-refractivity contribution >= 4 is 45.9 Å². The molecule has 1 aromatic carbocycles. The van der Waals surface area contributed by atoms with Gasteiger partial charge in [-0.3, -0.25) is 4.79 Å². The van der Waals surface area contributed by atoms with Gasteiger partial charge >= 0.3 is 0 Å². The molecule has 17 heavy (non-hydrogen) atoms. The summed E-state index contributed by atoms with van der Waals surface area (Å²) in [4.78, 5) is 19.4. The Balaban J connectivity index is 2.14. The van der Waals surface area contributed by atoms with E-state index in [-0.39, 0.29) is 11.1 Å². The number of nitrogens with zero attached hydrogens (tertiary/aromatic N) is 2. The number of amides is 1. The molecule has 0 aliphatic heterocycles. The summed E-state index contributed by atoms with van der Waals surface area (Å²) in [6.45, 7) is 0. The topological polar surface area (TPSA) is 54.9 Å². The standard InChI is InChI=1S/C11H7ClIN3O/c12-9-5-10(15-6-14-9)16-11(17)7-1-3-8(13)4-2-7/h1-6H,(H,14,15,16,17). The molecule has 0 saturated carbocycles. The third kappa shape index (κ3) is 3.37. The zero-order valence-corrected chi connectivity index (χ0v) is 11.4. The smallest absolute Gasteiger partial charge is 0.256 e. The summed E-state index contributed by atoms with van der Waals surface area (Å²) in [7, 11) is 0. The molecule has 86 valence electrons. The third-order valence-electron chi connectivity index (χ3n) is 1.98. The van der Waals surface area contributed by atoms with E-state index in [1.165, 1.54) is 12.4 Å². The third-order valence-corrected chi connectivity index (χ3v) is 2.91. The molecule has 6 heteroatoms. The van der Waals surface area contributed by atoms with Gasteiger partial charge in [0, 0.05) is 15.2 Å². The number of aromatic nitrogens is 2. The first-order valence-electron chi connectivity index (χ1n) is 4.69. The van der Waals surface area contributed by atoms with E-state index in [0.717, 1.165) is 3.57 Å². The number of nitrogens with one attached hydrogen (secondary N) is 1. The van der Waals surface area contributed by atoms with Gasteiger partial charge in [0.05, 0.1) is 0 Å². The predicted molar refractivity (Wildman–Crippen MR) is 74.2 cm³/mol. The first-order valence-corrected chi connectivity index (χ1v) is 6.15. The highest BCUT2D eigenvalue weighted by Gasteiger charge is 2.06. The SMILES string of the molecule is O=C(Nc1cc(Cl)ncn1)c1ccc(I)cc1. The van der Waals surface area contributed by atoms with Crippen molar-refractivity contribution in [2.45, 2.75) is 0 Å². The number of hydrogen-bond donors (Lipinski definition) is 1. The molecule has 1 N–H and O–H groups in total. The predicted octanol–water partition coefficient (Wildman–Crippen LogP) is 2.99. The number of rotatable bonds is 2. The van der Waals surface area contributed by atoms with Crippen LogP contribution in [0.5, 0.6) is 0 Å². The molecule has 2 aromatic rings. The molecule has 0 aliphatic rings. The fourth-order valence-electron chi connectivity index (χ4n) is 1.19. The van der Waals surface area contributed by atoms with E-state index in [9.17, 15) is 4.79 Å². The van der Waals surface area contributed by atoms with Gasteiger partial charge in [0.2, 0.25) is 0 Å². The van der Waals surface area contributed by atoms with Gasteiger partial charge in [0.1, 0.15) is 17.3 Å². The summed E-state index contributed by atoms with van der Waals surface area (Å²) in [6.07, 6.45) is 1.30. The normalized spacial score (nSPS) is 10.0. The lowest BCUT2D eigenvalue weighted by Gasteiger charge is -2.04. The molecule has 1 amide bonds. The van der Waals surface area contributed by atoms with Gasteiger partial charge in [-0.25, -0.2) is 9.97 Å². The number of carbonyl (C=O) groups is 1. The van der Waals surface area contributed by atoms with Crippen LogP contribution in [-0.2, 0) is 0 Å². The van der Waals surface area contributed by atoms with Crippen molar-refractivity contribution in [2.75, 3.05) is 5.32 Å². The lowest BCUT2D eigenvalue weighted by atomic mass is 10.2. The van der Waals surface area contributed by atoms with Gasteiger partial charge in [-0.2, -0.15) is 0 Å². The van der Waals surface area contributed by atoms with Crippen LogP contribution in [-0.4, -0.2) is 15.9 Å². The average molecular weight is 360 g/mol. The number of carbonyl (C=O) groups excluding carboxylic acids is 1. The van der Waals surface area contributed by atoms with Crippen molar-refractivity contribution in [3.63, 3.8) is 0 Å². The van der Waals surface area contributed by atoms with E-state index in [1.807, 2.05) is 12.1 Å². The largest absolute Gasteiger partial charge is 0.306 e. The Labute approximate surface area is 117 Å². The van der Waals surface area contributed by atoms with Crippen molar-refractivity contribution in [2.24, 2.45) is 0 Å². The van der Waals surface area contributed by atoms with Crippen LogP contribution < -0.4 is 5.32 Å². The van der Waals surface area contributed by atoms with Crippen molar-refractivity contribution in [3.05, 3.63) is 50.9 Å². The Morgan fingerprint density at radius 2 is 1.94 bits per heavy atom. The molecule has 0 bridgehead atoms. The maximum absolute atomic E-state index is 11.8. The molecule has 0 unspecified atom stereocenters. The minimum atomic E-state index is -0.226. The van der Waals surface area contributed by atoms with Crippen LogP contribution in [0.3, 0.4) is 0 Å². The summed E-state index contributed by atoms with van der Waals surface area (Å²) < 4.78 is 1.07. The fraction of sp³-hybridized carbons (Fsp3) is 0. The Hall–Kier alpha value is -1.21. The zero-order chi connectivity index (χ0) is 12.3. The monoisotopic (exact) mass is 359 g/mol. The molecule has 0 spiro atoms. The average Bonchev–Trinajstić information content (AvgIpc) is 2.29. The summed E-state index contributed by atoms with van der Waals surface area (Å²) >= 11 is 7.87. The van der Waals surface area contributed by atoms with E-state index in [4.69, 9.17) is 11.6 Å². The van der Waals surface area contributed by atoms with Crippen LogP contribution in [0.4, 0.5) is 5.82 Å². The van der Waals surface area contributed by atoms with Crippen LogP contribution in [0.15, 0.2) is 36.7 Å². The second-order valence-corrected chi connectivity index (χ2v) is 4.82. The number of anilines is 1. The second kappa shape index (κ2) is 5.42. The van der Waals surface area contributed by atoms with Crippen LogP contribution in [0.1, 0.15) is 10.4 Å². The minimum absolute atomic E-state index is 0.226. The Bertz CT molecular complexity index is 545. The lowest BCUT2D eigenvalue weighted by Crippen LogP contribution is -2.12. The van der Waals surface area contributed by atoms with Crippen LogP contribution >= 0.6 is 34.2 Å². The van der Waals surface area contributed by atoms with Crippen LogP contribution in [0.25, 0.3) is 0 Å². The number of halogens is 2. The first-order chi connectivity index (χ1) is 8.15. The lowest BCUT2D eigenvalue weighted by molar-refractivity contribution is 0.102. The molecule has 0 atom stereocenters. The van der Waals surface area contributed by atoms with Gasteiger partial charge in [0.25, 0.3) is 5.91 Å². The molecule has 1 heterocycles. The first kappa shape index (κ1) is 12.3. The summed E-state index contributed by atoms with van der Waals surface area (Å²) in [6, 6.07) is 8.72. The van der Waals surface area contributed by atoms with E-state index < -0.39 is 0 Å². The van der Waals surface area contributed by atoms with Crippen molar-refractivity contribution in [1.29, 1.82) is 0 Å². The molecule has 0 saturated heterocycles. The molecular weight excluding hydrogens is 352 g/mol. The zero-order valence-electron chi connectivity index (χ0n) is 8.52. The summed E-state index contributed by atoms with van der Waals surface area (Å²) in [5.74, 6) is 0.157. The van der Waals surface area contributed by atoms with Crippen molar-refractivity contribution < 1.29 is 4.79 Å². The van der Waals surface area contributed by atoms with Gasteiger partial charge in [-0.15, -0.1) is 0 Å². The van der Waals surface area contributed by atoms with Crippen LogP contribution in [0.2, 0.25) is 5.15 Å². The molecule has 0 aliphatic carbocycles. The molecule has 1 aromatic heterocycles. The molecule has 2 rings (SSSR count). The Kier molecular flexibility index (Phi) is 3.90. The number of hydrogen-bond acceptors (Lipinski definition) is 3.